The second-order valence-electron chi connectivity index (χ2n) is 5.18. The predicted molar refractivity (Wildman–Crippen MR) is 86.0 cm³/mol. The third-order valence-electron chi connectivity index (χ3n) is 3.42. The van der Waals surface area contributed by atoms with Crippen molar-refractivity contribution in [2.24, 2.45) is 0 Å². The molecule has 6 nitrogen and oxygen atoms in total. The van der Waals surface area contributed by atoms with Crippen LogP contribution in [-0.2, 0) is 19.4 Å². The first-order valence-electron chi connectivity index (χ1n) is 6.78. The van der Waals surface area contributed by atoms with Gasteiger partial charge in [-0.05, 0) is 30.7 Å². The van der Waals surface area contributed by atoms with Crippen LogP contribution in [0.2, 0.25) is 0 Å². The molecule has 1 aliphatic heterocycles. The number of alkyl halides is 1. The lowest BCUT2D eigenvalue weighted by molar-refractivity contribution is -0.116. The molecule has 1 saturated heterocycles. The number of nitrogens with zero attached hydrogens (tertiary/aromatic N) is 1. The van der Waals surface area contributed by atoms with E-state index in [1.807, 2.05) is 0 Å². The van der Waals surface area contributed by atoms with Crippen LogP contribution in [0.25, 0.3) is 0 Å². The minimum absolute atomic E-state index is 0.0525. The van der Waals surface area contributed by atoms with Crippen molar-refractivity contribution in [1.29, 1.82) is 0 Å². The van der Waals surface area contributed by atoms with Gasteiger partial charge in [-0.15, -0.1) is 11.6 Å². The van der Waals surface area contributed by atoms with Crippen LogP contribution in [0.15, 0.2) is 24.3 Å². The lowest BCUT2D eigenvalue weighted by atomic mass is 10.1. The summed E-state index contributed by atoms with van der Waals surface area (Å²) in [5.41, 5.74) is 1.18. The molecule has 120 valence electrons. The third kappa shape index (κ3) is 3.98. The van der Waals surface area contributed by atoms with Gasteiger partial charge in [-0.3, -0.25) is 9.59 Å². The Morgan fingerprint density at radius 1 is 1.32 bits per heavy atom. The maximum absolute atomic E-state index is 12.1. The highest BCUT2D eigenvalue weighted by Gasteiger charge is 2.35. The number of carbonyl (C=O) groups is 2. The summed E-state index contributed by atoms with van der Waals surface area (Å²) in [6.45, 7) is 1.40. The summed E-state index contributed by atoms with van der Waals surface area (Å²) < 4.78 is 23.3. The maximum atomic E-state index is 12.1. The summed E-state index contributed by atoms with van der Waals surface area (Å²) in [6.07, 6.45) is 0.401. The van der Waals surface area contributed by atoms with Gasteiger partial charge in [0.25, 0.3) is 0 Å². The van der Waals surface area contributed by atoms with E-state index in [2.05, 4.69) is 5.32 Å². The largest absolute Gasteiger partial charge is 0.326 e. The average molecular weight is 345 g/mol. The van der Waals surface area contributed by atoms with Crippen molar-refractivity contribution in [3.63, 3.8) is 0 Å². The number of rotatable bonds is 4. The summed E-state index contributed by atoms with van der Waals surface area (Å²) in [5.74, 6) is -0.722. The molecule has 0 bridgehead atoms. The first kappa shape index (κ1) is 16.8. The van der Waals surface area contributed by atoms with Crippen LogP contribution in [-0.4, -0.2) is 43.7 Å². The van der Waals surface area contributed by atoms with Gasteiger partial charge in [-0.25, -0.2) is 8.42 Å². The molecule has 0 spiro atoms. The molecule has 1 aromatic carbocycles. The molecule has 2 amide bonds. The van der Waals surface area contributed by atoms with Crippen LogP contribution >= 0.6 is 11.6 Å². The Hall–Kier alpha value is -1.60. The van der Waals surface area contributed by atoms with Crippen LogP contribution in [0.4, 0.5) is 11.4 Å². The molecular weight excluding hydrogens is 328 g/mol. The third-order valence-corrected chi connectivity index (χ3v) is 5.40. The minimum Gasteiger partial charge on any atom is -0.326 e. The number of anilines is 2. The number of amides is 2. The van der Waals surface area contributed by atoms with Crippen LogP contribution in [0.5, 0.6) is 0 Å². The number of hydrogen-bond acceptors (Lipinski definition) is 4. The fourth-order valence-electron chi connectivity index (χ4n) is 2.51. The van der Waals surface area contributed by atoms with Gasteiger partial charge in [0, 0.05) is 18.3 Å². The van der Waals surface area contributed by atoms with E-state index < -0.39 is 15.9 Å². The van der Waals surface area contributed by atoms with Crippen LogP contribution in [0.1, 0.15) is 13.3 Å². The van der Waals surface area contributed by atoms with E-state index in [1.54, 1.807) is 24.3 Å². The second kappa shape index (κ2) is 6.66. The van der Waals surface area contributed by atoms with Gasteiger partial charge in [0.05, 0.1) is 17.5 Å². The quantitative estimate of drug-likeness (QED) is 0.837. The summed E-state index contributed by atoms with van der Waals surface area (Å²) in [7, 11) is -3.11. The Kier molecular flexibility index (Phi) is 5.08. The fourth-order valence-corrected chi connectivity index (χ4v) is 4.34. The van der Waals surface area contributed by atoms with E-state index in [-0.39, 0.29) is 29.2 Å². The monoisotopic (exact) mass is 344 g/mol. The molecule has 1 heterocycles. The molecule has 0 saturated carbocycles. The Morgan fingerprint density at radius 3 is 2.41 bits per heavy atom. The van der Waals surface area contributed by atoms with E-state index in [1.165, 1.54) is 11.8 Å². The Bertz CT molecular complexity index is 673. The van der Waals surface area contributed by atoms with Crippen molar-refractivity contribution in [3.05, 3.63) is 24.3 Å². The number of halogens is 1. The first-order chi connectivity index (χ1) is 10.3. The van der Waals surface area contributed by atoms with E-state index in [4.69, 9.17) is 11.6 Å². The van der Waals surface area contributed by atoms with Gasteiger partial charge in [0.1, 0.15) is 5.88 Å². The van der Waals surface area contributed by atoms with Gasteiger partial charge in [-0.1, -0.05) is 0 Å². The molecule has 1 fully saturated rings. The number of nitrogens with one attached hydrogen (secondary N) is 1. The average Bonchev–Trinajstić information content (AvgIpc) is 2.80. The van der Waals surface area contributed by atoms with Crippen molar-refractivity contribution in [2.75, 3.05) is 27.6 Å². The van der Waals surface area contributed by atoms with Crippen molar-refractivity contribution in [1.82, 2.24) is 0 Å². The van der Waals surface area contributed by atoms with E-state index in [9.17, 15) is 18.0 Å². The van der Waals surface area contributed by atoms with Gasteiger partial charge in [0.15, 0.2) is 9.84 Å². The highest BCUT2D eigenvalue weighted by molar-refractivity contribution is 7.91. The molecule has 2 rings (SSSR count). The van der Waals surface area contributed by atoms with Gasteiger partial charge >= 0.3 is 0 Å². The molecule has 1 aromatic rings. The highest BCUT2D eigenvalue weighted by atomic mass is 35.5. The maximum Gasteiger partial charge on any atom is 0.242 e. The predicted octanol–water partition coefficient (Wildman–Crippen LogP) is 1.40. The number of sulfone groups is 1. The first-order valence-corrected chi connectivity index (χ1v) is 9.14. The highest BCUT2D eigenvalue weighted by Crippen LogP contribution is 2.26. The zero-order chi connectivity index (χ0) is 16.3. The zero-order valence-electron chi connectivity index (χ0n) is 12.1. The summed E-state index contributed by atoms with van der Waals surface area (Å²) >= 11 is 5.65. The lowest BCUT2D eigenvalue weighted by Gasteiger charge is -2.28. The number of carbonyl (C=O) groups excluding carboxylic acids is 2. The molecule has 22 heavy (non-hydrogen) atoms. The van der Waals surface area contributed by atoms with Crippen LogP contribution in [0.3, 0.4) is 0 Å². The minimum atomic E-state index is -3.11. The summed E-state index contributed by atoms with van der Waals surface area (Å²) in [5, 5.41) is 2.63. The van der Waals surface area contributed by atoms with Gasteiger partial charge < -0.3 is 10.2 Å². The SMILES string of the molecule is CC(=O)Nc1ccc(N(C(=O)CCl)[C@H]2CCS(=O)(=O)C2)cc1. The Labute approximate surface area is 134 Å². The number of hydrogen-bond donors (Lipinski definition) is 1. The Balaban J connectivity index is 2.26. The van der Waals surface area contributed by atoms with Gasteiger partial charge in [0.2, 0.25) is 11.8 Å². The standard InChI is InChI=1S/C14H17ClN2O4S/c1-10(18)16-11-2-4-12(5-3-11)17(14(19)8-15)13-6-7-22(20,21)9-13/h2-5,13H,6-9H2,1H3,(H,16,18)/t13-/m0/s1. The van der Waals surface area contributed by atoms with E-state index >= 15 is 0 Å². The molecule has 0 unspecified atom stereocenters. The topological polar surface area (TPSA) is 83.6 Å². The van der Waals surface area contributed by atoms with Crippen molar-refractivity contribution >= 4 is 44.6 Å². The summed E-state index contributed by atoms with van der Waals surface area (Å²) in [4.78, 5) is 24.5. The summed E-state index contributed by atoms with van der Waals surface area (Å²) in [6, 6.07) is 6.26. The fraction of sp³-hybridized carbons (Fsp3) is 0.429. The molecule has 0 aliphatic carbocycles. The van der Waals surface area contributed by atoms with Crippen molar-refractivity contribution < 1.29 is 18.0 Å². The number of benzene rings is 1. The van der Waals surface area contributed by atoms with Crippen molar-refractivity contribution in [3.8, 4) is 0 Å². The molecule has 0 radical (unpaired) electrons. The molecular formula is C14H17ClN2O4S. The normalized spacial score (nSPS) is 19.6. The van der Waals surface area contributed by atoms with Crippen LogP contribution < -0.4 is 10.2 Å². The van der Waals surface area contributed by atoms with E-state index in [0.29, 0.717) is 17.8 Å². The molecule has 8 heteroatoms. The lowest BCUT2D eigenvalue weighted by Crippen LogP contribution is -2.42. The molecule has 1 aliphatic rings. The van der Waals surface area contributed by atoms with Crippen LogP contribution in [0, 0.1) is 0 Å². The molecule has 0 aromatic heterocycles. The van der Waals surface area contributed by atoms with Gasteiger partial charge in [-0.2, -0.15) is 0 Å². The molecule has 1 N–H and O–H groups in total. The second-order valence-corrected chi connectivity index (χ2v) is 7.68. The Morgan fingerprint density at radius 2 is 1.95 bits per heavy atom. The molecule has 1 atom stereocenters. The van der Waals surface area contributed by atoms with Crippen molar-refractivity contribution in [2.45, 2.75) is 19.4 Å². The smallest absolute Gasteiger partial charge is 0.242 e. The van der Waals surface area contributed by atoms with E-state index in [0.717, 1.165) is 0 Å². The zero-order valence-corrected chi connectivity index (χ0v) is 13.7.